The van der Waals surface area contributed by atoms with Crippen molar-refractivity contribution in [2.24, 2.45) is 0 Å². The van der Waals surface area contributed by atoms with Gasteiger partial charge in [-0.05, 0) is 30.3 Å². The van der Waals surface area contributed by atoms with Crippen molar-refractivity contribution in [3.63, 3.8) is 0 Å². The van der Waals surface area contributed by atoms with E-state index in [2.05, 4.69) is 15.0 Å². The molecule has 1 aromatic carbocycles. The molecule has 0 radical (unpaired) electrons. The van der Waals surface area contributed by atoms with E-state index >= 15 is 0 Å². The molecule has 0 saturated heterocycles. The maximum atomic E-state index is 11.4. The number of fused-ring (bicyclic) bond motifs is 1. The normalized spacial score (nSPS) is 11.0. The number of nitrogens with zero attached hydrogens (tertiary/aromatic N) is 3. The van der Waals surface area contributed by atoms with Gasteiger partial charge in [-0.2, -0.15) is 0 Å². The molecule has 1 N–H and O–H groups in total. The summed E-state index contributed by atoms with van der Waals surface area (Å²) in [6.45, 7) is 0. The van der Waals surface area contributed by atoms with Crippen molar-refractivity contribution in [3.05, 3.63) is 57.6 Å². The van der Waals surface area contributed by atoms with Crippen molar-refractivity contribution in [2.45, 2.75) is 0 Å². The summed E-state index contributed by atoms with van der Waals surface area (Å²) in [6, 6.07) is 11.7. The van der Waals surface area contributed by atoms with Crippen LogP contribution in [0.15, 0.2) is 52.8 Å². The van der Waals surface area contributed by atoms with Crippen LogP contribution < -0.4 is 9.77 Å². The van der Waals surface area contributed by atoms with Crippen LogP contribution in [0.1, 0.15) is 0 Å². The van der Waals surface area contributed by atoms with Crippen LogP contribution in [-0.4, -0.2) is 22.0 Å². The molecule has 23 heavy (non-hydrogen) atoms. The van der Waals surface area contributed by atoms with Gasteiger partial charge in [0.15, 0.2) is 5.13 Å². The monoisotopic (exact) mass is 340 g/mol. The Morgan fingerprint density at radius 1 is 1.17 bits per heavy atom. The van der Waals surface area contributed by atoms with Crippen LogP contribution in [0.25, 0.3) is 21.6 Å². The average molecular weight is 340 g/mol. The van der Waals surface area contributed by atoms with Gasteiger partial charge in [-0.1, -0.05) is 17.4 Å². The second-order valence-electron chi connectivity index (χ2n) is 4.98. The molecule has 0 aliphatic carbocycles. The quantitative estimate of drug-likeness (QED) is 0.615. The maximum absolute atomic E-state index is 11.4. The van der Waals surface area contributed by atoms with Crippen molar-refractivity contribution in [1.29, 1.82) is 0 Å². The molecule has 3 heterocycles. The van der Waals surface area contributed by atoms with Gasteiger partial charge >= 0.3 is 4.87 Å². The smallest absolute Gasteiger partial charge is 0.305 e. The minimum absolute atomic E-state index is 0.0357. The molecule has 0 unspecified atom stereocenters. The number of H-pyrrole nitrogens is 1. The first-order valence-electron chi connectivity index (χ1n) is 6.94. The number of anilines is 2. The van der Waals surface area contributed by atoms with Gasteiger partial charge in [0, 0.05) is 24.3 Å². The Labute approximate surface area is 139 Å². The number of hydrogen-bond acceptors (Lipinski definition) is 6. The van der Waals surface area contributed by atoms with E-state index in [-0.39, 0.29) is 4.87 Å². The van der Waals surface area contributed by atoms with Crippen LogP contribution in [0.2, 0.25) is 0 Å². The molecule has 5 nitrogen and oxygen atoms in total. The number of aromatic nitrogens is 3. The van der Waals surface area contributed by atoms with Gasteiger partial charge in [-0.25, -0.2) is 4.98 Å². The van der Waals surface area contributed by atoms with E-state index in [1.807, 2.05) is 53.7 Å². The number of rotatable bonds is 3. The molecule has 0 bridgehead atoms. The molecule has 0 spiro atoms. The van der Waals surface area contributed by atoms with Gasteiger partial charge in [0.1, 0.15) is 5.69 Å². The molecule has 0 amide bonds. The van der Waals surface area contributed by atoms with Gasteiger partial charge in [-0.3, -0.25) is 9.78 Å². The Morgan fingerprint density at radius 3 is 2.91 bits per heavy atom. The SMILES string of the molecule is CN(c1ccc2[nH]c(=O)sc2c1)c1nc(-c2ccccn2)cs1. The zero-order valence-electron chi connectivity index (χ0n) is 12.2. The standard InChI is InChI=1S/C16H12N4OS2/c1-20(10-5-6-12-14(8-10)23-16(21)19-12)15-18-13(9-22-15)11-4-2-3-7-17-11/h2-9H,1H3,(H,19,21). The van der Waals surface area contributed by atoms with Gasteiger partial charge in [-0.15, -0.1) is 11.3 Å². The van der Waals surface area contributed by atoms with Crippen molar-refractivity contribution >= 4 is 43.7 Å². The Hall–Kier alpha value is -2.51. The lowest BCUT2D eigenvalue weighted by Gasteiger charge is -2.15. The fourth-order valence-corrected chi connectivity index (χ4v) is 3.88. The summed E-state index contributed by atoms with van der Waals surface area (Å²) < 4.78 is 0.945. The number of pyridine rings is 1. The minimum Gasteiger partial charge on any atom is -0.321 e. The first-order chi connectivity index (χ1) is 11.2. The lowest BCUT2D eigenvalue weighted by Crippen LogP contribution is -2.08. The summed E-state index contributed by atoms with van der Waals surface area (Å²) in [5, 5.41) is 2.88. The first-order valence-corrected chi connectivity index (χ1v) is 8.64. The largest absolute Gasteiger partial charge is 0.321 e. The van der Waals surface area contributed by atoms with Crippen LogP contribution in [0.5, 0.6) is 0 Å². The van der Waals surface area contributed by atoms with Crippen molar-refractivity contribution in [1.82, 2.24) is 15.0 Å². The van der Waals surface area contributed by atoms with Crippen LogP contribution >= 0.6 is 22.7 Å². The highest BCUT2D eigenvalue weighted by molar-refractivity contribution is 7.16. The summed E-state index contributed by atoms with van der Waals surface area (Å²) in [6.07, 6.45) is 1.76. The third-order valence-electron chi connectivity index (χ3n) is 3.50. The topological polar surface area (TPSA) is 61.9 Å². The third kappa shape index (κ3) is 2.64. The predicted molar refractivity (Wildman–Crippen MR) is 95.9 cm³/mol. The highest BCUT2D eigenvalue weighted by Gasteiger charge is 2.12. The number of benzene rings is 1. The first kappa shape index (κ1) is 14.1. The van der Waals surface area contributed by atoms with Crippen LogP contribution in [0.4, 0.5) is 10.8 Å². The van der Waals surface area contributed by atoms with Gasteiger partial charge in [0.2, 0.25) is 0 Å². The molecule has 4 rings (SSSR count). The molecule has 4 aromatic rings. The maximum Gasteiger partial charge on any atom is 0.305 e. The van der Waals surface area contributed by atoms with Gasteiger partial charge in [0.25, 0.3) is 0 Å². The van der Waals surface area contributed by atoms with Gasteiger partial charge < -0.3 is 9.88 Å². The molecule has 114 valence electrons. The average Bonchev–Trinajstić information content (AvgIpc) is 3.20. The fourth-order valence-electron chi connectivity index (χ4n) is 2.30. The number of nitrogens with one attached hydrogen (secondary N) is 1. The van der Waals surface area contributed by atoms with Crippen LogP contribution in [0.3, 0.4) is 0 Å². The molecule has 0 aliphatic rings. The lowest BCUT2D eigenvalue weighted by molar-refractivity contribution is 1.17. The van der Waals surface area contributed by atoms with Crippen molar-refractivity contribution in [3.8, 4) is 11.4 Å². The van der Waals surface area contributed by atoms with E-state index in [0.717, 1.165) is 32.4 Å². The van der Waals surface area contributed by atoms with E-state index in [0.29, 0.717) is 0 Å². The number of hydrogen-bond donors (Lipinski definition) is 1. The van der Waals surface area contributed by atoms with E-state index in [1.165, 1.54) is 11.3 Å². The zero-order valence-corrected chi connectivity index (χ0v) is 13.8. The number of thiazole rings is 2. The van der Waals surface area contributed by atoms with E-state index in [4.69, 9.17) is 0 Å². The lowest BCUT2D eigenvalue weighted by atomic mass is 10.3. The van der Waals surface area contributed by atoms with E-state index in [9.17, 15) is 4.79 Å². The van der Waals surface area contributed by atoms with Crippen LogP contribution in [0, 0.1) is 0 Å². The second-order valence-corrected chi connectivity index (χ2v) is 6.84. The molecule has 7 heteroatoms. The second kappa shape index (κ2) is 5.60. The van der Waals surface area contributed by atoms with Crippen molar-refractivity contribution in [2.75, 3.05) is 11.9 Å². The summed E-state index contributed by atoms with van der Waals surface area (Å²) >= 11 is 2.78. The molecule has 0 fully saturated rings. The predicted octanol–water partition coefficient (Wildman–Crippen LogP) is 3.88. The molecule has 3 aromatic heterocycles. The molecule has 0 atom stereocenters. The van der Waals surface area contributed by atoms with Crippen LogP contribution in [-0.2, 0) is 0 Å². The molecular weight excluding hydrogens is 328 g/mol. The molecule has 0 saturated carbocycles. The minimum atomic E-state index is -0.0357. The highest BCUT2D eigenvalue weighted by atomic mass is 32.1. The fraction of sp³-hybridized carbons (Fsp3) is 0.0625. The summed E-state index contributed by atoms with van der Waals surface area (Å²) in [7, 11) is 1.97. The van der Waals surface area contributed by atoms with E-state index in [1.54, 1.807) is 17.5 Å². The summed E-state index contributed by atoms with van der Waals surface area (Å²) in [5.74, 6) is 0. The number of aromatic amines is 1. The molecule has 0 aliphatic heterocycles. The van der Waals surface area contributed by atoms with Gasteiger partial charge in [0.05, 0.1) is 15.9 Å². The van der Waals surface area contributed by atoms with E-state index < -0.39 is 0 Å². The highest BCUT2D eigenvalue weighted by Crippen LogP contribution is 2.31. The third-order valence-corrected chi connectivity index (χ3v) is 5.26. The van der Waals surface area contributed by atoms with Crippen molar-refractivity contribution < 1.29 is 0 Å². The Balaban J connectivity index is 1.69. The zero-order chi connectivity index (χ0) is 15.8. The Bertz CT molecular complexity index is 1020. The Kier molecular flexibility index (Phi) is 3.44. The molecular formula is C16H12N4OS2. The summed E-state index contributed by atoms with van der Waals surface area (Å²) in [5.41, 5.74) is 3.59. The Morgan fingerprint density at radius 2 is 2.09 bits per heavy atom. The summed E-state index contributed by atoms with van der Waals surface area (Å²) in [4.78, 5) is 25.2.